The first-order valence-electron chi connectivity index (χ1n) is 6.71. The first-order valence-corrected chi connectivity index (χ1v) is 6.71. The van der Waals surface area contributed by atoms with Gasteiger partial charge in [0.1, 0.15) is 0 Å². The van der Waals surface area contributed by atoms with Crippen LogP contribution in [0.25, 0.3) is 0 Å². The Morgan fingerprint density at radius 3 is 2.40 bits per heavy atom. The quantitative estimate of drug-likeness (QED) is 0.839. The van der Waals surface area contributed by atoms with Gasteiger partial charge in [0, 0.05) is 19.6 Å². The molecule has 1 atom stereocenters. The smallest absolute Gasteiger partial charge is 0.317 e. The van der Waals surface area contributed by atoms with Crippen molar-refractivity contribution in [1.82, 2.24) is 10.2 Å². The Labute approximate surface area is 119 Å². The summed E-state index contributed by atoms with van der Waals surface area (Å²) in [6.07, 6.45) is 0.539. The highest BCUT2D eigenvalue weighted by Gasteiger charge is 2.16. The number of rotatable bonds is 6. The van der Waals surface area contributed by atoms with Gasteiger partial charge >= 0.3 is 12.0 Å². The fraction of sp³-hybridized carbons (Fsp3) is 0.467. The van der Waals surface area contributed by atoms with Crippen LogP contribution in [-0.2, 0) is 11.3 Å². The van der Waals surface area contributed by atoms with Gasteiger partial charge < -0.3 is 15.3 Å². The molecule has 0 heterocycles. The van der Waals surface area contributed by atoms with Gasteiger partial charge in [-0.05, 0) is 18.9 Å². The Morgan fingerprint density at radius 2 is 1.90 bits per heavy atom. The van der Waals surface area contributed by atoms with E-state index >= 15 is 0 Å². The number of amides is 2. The molecule has 0 fully saturated rings. The third-order valence-corrected chi connectivity index (χ3v) is 3.13. The number of aryl methyl sites for hydroxylation is 1. The molecule has 0 radical (unpaired) electrons. The number of hydrogen-bond donors (Lipinski definition) is 2. The van der Waals surface area contributed by atoms with Crippen LogP contribution >= 0.6 is 0 Å². The molecule has 0 bridgehead atoms. The van der Waals surface area contributed by atoms with Crippen LogP contribution in [0.3, 0.4) is 0 Å². The van der Waals surface area contributed by atoms with Crippen molar-refractivity contribution in [3.63, 3.8) is 0 Å². The number of carboxylic acids is 1. The van der Waals surface area contributed by atoms with Crippen molar-refractivity contribution in [3.05, 3.63) is 35.4 Å². The number of aliphatic carboxylic acids is 1. The summed E-state index contributed by atoms with van der Waals surface area (Å²) in [6, 6.07) is 7.38. The molecule has 1 unspecified atom stereocenters. The van der Waals surface area contributed by atoms with Gasteiger partial charge in [-0.3, -0.25) is 4.79 Å². The summed E-state index contributed by atoms with van der Waals surface area (Å²) >= 11 is 0. The molecule has 0 aliphatic carbocycles. The molecule has 20 heavy (non-hydrogen) atoms. The summed E-state index contributed by atoms with van der Waals surface area (Å²) in [5.74, 6) is -0.904. The van der Waals surface area contributed by atoms with Crippen LogP contribution in [0.2, 0.25) is 0 Å². The van der Waals surface area contributed by atoms with Gasteiger partial charge in [-0.2, -0.15) is 0 Å². The Balaban J connectivity index is 2.53. The molecular weight excluding hydrogens is 256 g/mol. The minimum atomic E-state index is -0.904. The van der Waals surface area contributed by atoms with E-state index in [1.54, 1.807) is 11.9 Å². The molecule has 1 rings (SSSR count). The van der Waals surface area contributed by atoms with Crippen molar-refractivity contribution in [2.75, 3.05) is 7.05 Å². The number of carboxylic acid groups (broad SMARTS) is 1. The van der Waals surface area contributed by atoms with Gasteiger partial charge in [-0.15, -0.1) is 0 Å². The number of carbonyl (C=O) groups is 2. The van der Waals surface area contributed by atoms with Crippen LogP contribution in [-0.4, -0.2) is 35.1 Å². The van der Waals surface area contributed by atoms with E-state index in [1.807, 2.05) is 38.1 Å². The Hall–Kier alpha value is -2.04. The zero-order valence-electron chi connectivity index (χ0n) is 12.2. The molecule has 0 saturated carbocycles. The topological polar surface area (TPSA) is 69.6 Å². The largest absolute Gasteiger partial charge is 0.481 e. The molecule has 1 aromatic rings. The number of nitrogens with one attached hydrogen (secondary N) is 1. The van der Waals surface area contributed by atoms with Gasteiger partial charge in [0.15, 0.2) is 0 Å². The summed E-state index contributed by atoms with van der Waals surface area (Å²) < 4.78 is 0. The van der Waals surface area contributed by atoms with E-state index in [0.717, 1.165) is 5.56 Å². The lowest BCUT2D eigenvalue weighted by Crippen LogP contribution is -2.43. The van der Waals surface area contributed by atoms with E-state index in [0.29, 0.717) is 13.0 Å². The van der Waals surface area contributed by atoms with Crippen molar-refractivity contribution in [3.8, 4) is 0 Å². The predicted molar refractivity (Wildman–Crippen MR) is 77.5 cm³/mol. The molecule has 110 valence electrons. The Kier molecular flexibility index (Phi) is 6.03. The zero-order valence-corrected chi connectivity index (χ0v) is 12.2. The van der Waals surface area contributed by atoms with Crippen LogP contribution in [0.1, 0.15) is 30.9 Å². The Bertz CT molecular complexity index is 457. The molecule has 5 nitrogen and oxygen atoms in total. The van der Waals surface area contributed by atoms with Crippen LogP contribution in [0.15, 0.2) is 24.3 Å². The second-order valence-electron chi connectivity index (χ2n) is 4.99. The second-order valence-corrected chi connectivity index (χ2v) is 4.99. The molecule has 0 aromatic heterocycles. The van der Waals surface area contributed by atoms with E-state index in [-0.39, 0.29) is 18.5 Å². The monoisotopic (exact) mass is 278 g/mol. The summed E-state index contributed by atoms with van der Waals surface area (Å²) in [5.41, 5.74) is 2.22. The molecule has 0 aliphatic rings. The summed E-state index contributed by atoms with van der Waals surface area (Å²) in [6.45, 7) is 4.36. The lowest BCUT2D eigenvalue weighted by molar-refractivity contribution is -0.137. The van der Waals surface area contributed by atoms with Gasteiger partial charge in [-0.25, -0.2) is 4.79 Å². The molecule has 0 aliphatic heterocycles. The normalized spacial score (nSPS) is 11.8. The number of hydrogen-bond acceptors (Lipinski definition) is 2. The third kappa shape index (κ3) is 5.30. The van der Waals surface area contributed by atoms with Crippen molar-refractivity contribution in [2.45, 2.75) is 39.3 Å². The minimum Gasteiger partial charge on any atom is -0.481 e. The average Bonchev–Trinajstić information content (AvgIpc) is 2.39. The fourth-order valence-electron chi connectivity index (χ4n) is 1.83. The van der Waals surface area contributed by atoms with Gasteiger partial charge in [-0.1, -0.05) is 36.8 Å². The van der Waals surface area contributed by atoms with Crippen LogP contribution < -0.4 is 5.32 Å². The maximum Gasteiger partial charge on any atom is 0.317 e. The van der Waals surface area contributed by atoms with Gasteiger partial charge in [0.25, 0.3) is 0 Å². The maximum absolute atomic E-state index is 12.0. The molecule has 5 heteroatoms. The average molecular weight is 278 g/mol. The molecule has 2 N–H and O–H groups in total. The van der Waals surface area contributed by atoms with Gasteiger partial charge in [0.05, 0.1) is 6.42 Å². The van der Waals surface area contributed by atoms with E-state index in [9.17, 15) is 9.59 Å². The first kappa shape index (κ1) is 16.0. The van der Waals surface area contributed by atoms with E-state index in [2.05, 4.69) is 5.32 Å². The molecule has 1 aromatic carbocycles. The SMILES string of the molecule is CCC(CC(=O)O)NC(=O)N(C)Cc1ccc(C)cc1. The minimum absolute atomic E-state index is 0.0549. The highest BCUT2D eigenvalue weighted by atomic mass is 16.4. The number of nitrogens with zero attached hydrogens (tertiary/aromatic N) is 1. The predicted octanol–water partition coefficient (Wildman–Crippen LogP) is 2.39. The summed E-state index contributed by atoms with van der Waals surface area (Å²) in [7, 11) is 1.70. The lowest BCUT2D eigenvalue weighted by atomic mass is 10.1. The third-order valence-electron chi connectivity index (χ3n) is 3.13. The summed E-state index contributed by atoms with van der Waals surface area (Å²) in [5, 5.41) is 11.5. The highest BCUT2D eigenvalue weighted by molar-refractivity contribution is 5.75. The molecular formula is C15H22N2O3. The van der Waals surface area contributed by atoms with E-state index in [4.69, 9.17) is 5.11 Å². The second kappa shape index (κ2) is 7.53. The van der Waals surface area contributed by atoms with Crippen molar-refractivity contribution in [1.29, 1.82) is 0 Å². The standard InChI is InChI=1S/C15H22N2O3/c1-4-13(9-14(18)19)16-15(20)17(3)10-12-7-5-11(2)6-8-12/h5-8,13H,4,9-10H2,1-3H3,(H,16,20)(H,18,19). The van der Waals surface area contributed by atoms with Crippen LogP contribution in [0.4, 0.5) is 4.79 Å². The van der Waals surface area contributed by atoms with Crippen LogP contribution in [0, 0.1) is 6.92 Å². The number of urea groups is 1. The van der Waals surface area contributed by atoms with Crippen molar-refractivity contribution < 1.29 is 14.7 Å². The van der Waals surface area contributed by atoms with Gasteiger partial charge in [0.2, 0.25) is 0 Å². The summed E-state index contributed by atoms with van der Waals surface area (Å²) in [4.78, 5) is 24.2. The van der Waals surface area contributed by atoms with Crippen molar-refractivity contribution in [2.24, 2.45) is 0 Å². The van der Waals surface area contributed by atoms with Crippen molar-refractivity contribution >= 4 is 12.0 Å². The van der Waals surface area contributed by atoms with E-state index in [1.165, 1.54) is 5.56 Å². The molecule has 0 spiro atoms. The fourth-order valence-corrected chi connectivity index (χ4v) is 1.83. The highest BCUT2D eigenvalue weighted by Crippen LogP contribution is 2.07. The van der Waals surface area contributed by atoms with Crippen LogP contribution in [0.5, 0.6) is 0 Å². The lowest BCUT2D eigenvalue weighted by Gasteiger charge is -2.22. The first-order chi connectivity index (χ1) is 9.42. The number of carbonyl (C=O) groups excluding carboxylic acids is 1. The van der Waals surface area contributed by atoms with E-state index < -0.39 is 5.97 Å². The zero-order chi connectivity index (χ0) is 15.1. The molecule has 0 saturated heterocycles. The number of benzene rings is 1. The Morgan fingerprint density at radius 1 is 1.30 bits per heavy atom. The maximum atomic E-state index is 12.0. The molecule has 2 amide bonds.